The standard InChI is InChI=1S/C61H109NO18/c1-3-5-7-9-11-13-15-16-17-18-19-20-21-22-23-24-25-26-27-28-29-31-33-35-37-39-49(67)62-44(45(66)38-36-34-32-30-14-12-10-8-6-4-2)43-75-59-55(73)52(70)57(47(41-64)77-59)80-61-56(74)53(71)58(48(42-65)78-61)79-60-54(72)51(69)50(68)46(40-63)76-60/h6,8,14,18-19,30,36,38,44-48,50-61,63-66,68-74H,3-5,7,9-13,15-17,20-29,31-35,37,39-43H2,1-2H3,(H,62,67)/b8-6+,19-18-,30-14+,38-36+. The molecule has 3 aliphatic rings. The Balaban J connectivity index is 1.43. The normalized spacial score (nSPS) is 30.3. The summed E-state index contributed by atoms with van der Waals surface area (Å²) < 4.78 is 34.2. The summed E-state index contributed by atoms with van der Waals surface area (Å²) in [6.07, 6.45) is 22.7. The molecule has 0 aliphatic carbocycles. The first-order valence-electron chi connectivity index (χ1n) is 30.9. The second kappa shape index (κ2) is 44.3. The first-order valence-corrected chi connectivity index (χ1v) is 30.9. The Kier molecular flexibility index (Phi) is 39.8. The van der Waals surface area contributed by atoms with Gasteiger partial charge in [-0.1, -0.05) is 178 Å². The van der Waals surface area contributed by atoms with Crippen molar-refractivity contribution >= 4 is 5.91 Å². The Morgan fingerprint density at radius 1 is 0.450 bits per heavy atom. The number of amides is 1. The molecule has 3 heterocycles. The average Bonchev–Trinajstić information content (AvgIpc) is 3.45. The fraction of sp³-hybridized carbons (Fsp3) is 0.852. The zero-order valence-corrected chi connectivity index (χ0v) is 48.5. The van der Waals surface area contributed by atoms with Crippen LogP contribution >= 0.6 is 0 Å². The Bertz CT molecular complexity index is 1650. The van der Waals surface area contributed by atoms with E-state index in [0.29, 0.717) is 12.8 Å². The number of hydrogen-bond donors (Lipinski definition) is 12. The van der Waals surface area contributed by atoms with Gasteiger partial charge >= 0.3 is 0 Å². The van der Waals surface area contributed by atoms with Gasteiger partial charge in [0.15, 0.2) is 18.9 Å². The van der Waals surface area contributed by atoms with E-state index in [4.69, 9.17) is 28.4 Å². The van der Waals surface area contributed by atoms with Crippen molar-refractivity contribution in [1.29, 1.82) is 0 Å². The van der Waals surface area contributed by atoms with E-state index < -0.39 is 124 Å². The van der Waals surface area contributed by atoms with E-state index in [-0.39, 0.29) is 18.9 Å². The van der Waals surface area contributed by atoms with Crippen molar-refractivity contribution in [3.05, 3.63) is 48.6 Å². The van der Waals surface area contributed by atoms with Crippen molar-refractivity contribution in [2.24, 2.45) is 0 Å². The van der Waals surface area contributed by atoms with Crippen molar-refractivity contribution in [2.45, 2.75) is 304 Å². The van der Waals surface area contributed by atoms with Gasteiger partial charge in [-0.05, 0) is 64.2 Å². The van der Waals surface area contributed by atoms with Gasteiger partial charge < -0.3 is 89.9 Å². The molecular weight excluding hydrogens is 1030 g/mol. The monoisotopic (exact) mass is 1140 g/mol. The summed E-state index contributed by atoms with van der Waals surface area (Å²) in [5, 5.41) is 120. The van der Waals surface area contributed by atoms with Crippen LogP contribution in [0.2, 0.25) is 0 Å². The quantitative estimate of drug-likeness (QED) is 0.0250. The molecule has 0 aromatic heterocycles. The van der Waals surface area contributed by atoms with Gasteiger partial charge in [0.05, 0.1) is 38.6 Å². The van der Waals surface area contributed by atoms with Crippen LogP contribution in [0.1, 0.15) is 200 Å². The van der Waals surface area contributed by atoms with Crippen LogP contribution in [0.15, 0.2) is 48.6 Å². The molecule has 17 unspecified atom stereocenters. The lowest BCUT2D eigenvalue weighted by Gasteiger charge is -2.48. The van der Waals surface area contributed by atoms with E-state index in [1.165, 1.54) is 122 Å². The molecule has 1 amide bonds. The molecule has 17 atom stereocenters. The second-order valence-corrected chi connectivity index (χ2v) is 22.1. The SMILES string of the molecule is CC/C=C/CC/C=C/CC/C=C/C(O)C(COC1OC(CO)C(OC2OC(CO)C(OC3OC(CO)C(O)C(O)C3O)C(O)C2O)C(O)C1O)NC(=O)CCCCCCCCCCCCCCC/C=C\CCCCCCCCCC. The van der Waals surface area contributed by atoms with Gasteiger partial charge in [0.2, 0.25) is 5.91 Å². The van der Waals surface area contributed by atoms with Gasteiger partial charge in [0.25, 0.3) is 0 Å². The molecule has 466 valence electrons. The minimum atomic E-state index is -1.98. The Hall–Kier alpha value is -2.25. The van der Waals surface area contributed by atoms with Gasteiger partial charge in [-0.3, -0.25) is 4.79 Å². The maximum Gasteiger partial charge on any atom is 0.220 e. The Labute approximate surface area is 478 Å². The summed E-state index contributed by atoms with van der Waals surface area (Å²) >= 11 is 0. The molecular formula is C61H109NO18. The third-order valence-corrected chi connectivity index (χ3v) is 15.3. The van der Waals surface area contributed by atoms with Crippen molar-refractivity contribution in [1.82, 2.24) is 5.32 Å². The number of nitrogens with one attached hydrogen (secondary N) is 1. The summed E-state index contributed by atoms with van der Waals surface area (Å²) in [5.41, 5.74) is 0. The fourth-order valence-electron chi connectivity index (χ4n) is 10.3. The molecule has 3 rings (SSSR count). The molecule has 80 heavy (non-hydrogen) atoms. The molecule has 19 nitrogen and oxygen atoms in total. The van der Waals surface area contributed by atoms with Crippen molar-refractivity contribution < 1.29 is 89.4 Å². The fourth-order valence-corrected chi connectivity index (χ4v) is 10.3. The summed E-state index contributed by atoms with van der Waals surface area (Å²) in [6, 6.07) is -0.994. The first-order chi connectivity index (χ1) is 38.8. The van der Waals surface area contributed by atoms with Crippen molar-refractivity contribution in [3.8, 4) is 0 Å². The molecule has 12 N–H and O–H groups in total. The van der Waals surface area contributed by atoms with E-state index in [1.54, 1.807) is 6.08 Å². The number of ether oxygens (including phenoxy) is 6. The summed E-state index contributed by atoms with van der Waals surface area (Å²) in [5.74, 6) is -0.293. The lowest BCUT2D eigenvalue weighted by atomic mass is 9.96. The van der Waals surface area contributed by atoms with Crippen LogP contribution in [-0.2, 0) is 33.2 Å². The second-order valence-electron chi connectivity index (χ2n) is 22.1. The van der Waals surface area contributed by atoms with Gasteiger partial charge in [-0.15, -0.1) is 0 Å². The van der Waals surface area contributed by atoms with Crippen molar-refractivity contribution in [3.63, 3.8) is 0 Å². The van der Waals surface area contributed by atoms with E-state index in [2.05, 4.69) is 55.6 Å². The summed E-state index contributed by atoms with van der Waals surface area (Å²) in [7, 11) is 0. The number of rotatable bonds is 45. The van der Waals surface area contributed by atoms with Crippen LogP contribution in [0.25, 0.3) is 0 Å². The number of unbranched alkanes of at least 4 members (excludes halogenated alkanes) is 23. The van der Waals surface area contributed by atoms with E-state index in [1.807, 2.05) is 6.08 Å². The topological polar surface area (TPSA) is 307 Å². The minimum Gasteiger partial charge on any atom is -0.394 e. The van der Waals surface area contributed by atoms with Gasteiger partial charge in [0, 0.05) is 6.42 Å². The predicted molar refractivity (Wildman–Crippen MR) is 305 cm³/mol. The first kappa shape index (κ1) is 72.0. The highest BCUT2D eigenvalue weighted by atomic mass is 16.8. The van der Waals surface area contributed by atoms with Gasteiger partial charge in [-0.25, -0.2) is 0 Å². The molecule has 0 aromatic carbocycles. The minimum absolute atomic E-state index is 0.231. The molecule has 3 saturated heterocycles. The molecule has 3 fully saturated rings. The average molecular weight is 1140 g/mol. The van der Waals surface area contributed by atoms with E-state index >= 15 is 0 Å². The molecule has 0 aromatic rings. The number of hydrogen-bond acceptors (Lipinski definition) is 18. The van der Waals surface area contributed by atoms with Crippen LogP contribution < -0.4 is 5.32 Å². The summed E-state index contributed by atoms with van der Waals surface area (Å²) in [4.78, 5) is 13.3. The lowest BCUT2D eigenvalue weighted by Crippen LogP contribution is -2.66. The maximum atomic E-state index is 13.3. The number of aliphatic hydroxyl groups excluding tert-OH is 11. The zero-order valence-electron chi connectivity index (χ0n) is 48.5. The molecule has 0 radical (unpaired) electrons. The predicted octanol–water partition coefficient (Wildman–Crippen LogP) is 5.87. The highest BCUT2D eigenvalue weighted by molar-refractivity contribution is 5.76. The van der Waals surface area contributed by atoms with E-state index in [9.17, 15) is 61.0 Å². The van der Waals surface area contributed by atoms with Crippen LogP contribution in [0.5, 0.6) is 0 Å². The Morgan fingerprint density at radius 3 is 1.31 bits per heavy atom. The highest BCUT2D eigenvalue weighted by Gasteiger charge is 2.53. The van der Waals surface area contributed by atoms with Gasteiger partial charge in [-0.2, -0.15) is 0 Å². The van der Waals surface area contributed by atoms with Crippen LogP contribution in [-0.4, -0.2) is 193 Å². The highest BCUT2D eigenvalue weighted by Crippen LogP contribution is 2.33. The third-order valence-electron chi connectivity index (χ3n) is 15.3. The number of carbonyl (C=O) groups is 1. The number of allylic oxidation sites excluding steroid dienone is 7. The van der Waals surface area contributed by atoms with Gasteiger partial charge in [0.1, 0.15) is 73.2 Å². The summed E-state index contributed by atoms with van der Waals surface area (Å²) in [6.45, 7) is 1.56. The lowest BCUT2D eigenvalue weighted by molar-refractivity contribution is -0.379. The molecule has 0 bridgehead atoms. The molecule has 3 aliphatic heterocycles. The Morgan fingerprint density at radius 2 is 0.838 bits per heavy atom. The van der Waals surface area contributed by atoms with Crippen LogP contribution in [0, 0.1) is 0 Å². The third kappa shape index (κ3) is 27.6. The molecule has 0 saturated carbocycles. The zero-order chi connectivity index (χ0) is 58.3. The van der Waals surface area contributed by atoms with Crippen LogP contribution in [0.4, 0.5) is 0 Å². The molecule has 0 spiro atoms. The van der Waals surface area contributed by atoms with Crippen LogP contribution in [0.3, 0.4) is 0 Å². The molecule has 19 heteroatoms. The van der Waals surface area contributed by atoms with E-state index in [0.717, 1.165) is 44.9 Å². The smallest absolute Gasteiger partial charge is 0.220 e. The number of aliphatic hydroxyl groups is 11. The number of carbonyl (C=O) groups excluding carboxylic acids is 1. The maximum absolute atomic E-state index is 13.3. The van der Waals surface area contributed by atoms with Crippen molar-refractivity contribution in [2.75, 3.05) is 26.4 Å². The largest absolute Gasteiger partial charge is 0.394 e.